The van der Waals surface area contributed by atoms with E-state index in [0.717, 1.165) is 25.9 Å². The minimum absolute atomic E-state index is 0.222. The van der Waals surface area contributed by atoms with Crippen molar-refractivity contribution >= 4 is 10.9 Å². The van der Waals surface area contributed by atoms with E-state index in [2.05, 4.69) is 46.4 Å². The summed E-state index contributed by atoms with van der Waals surface area (Å²) in [5.74, 6) is 0. The molecule has 0 unspecified atom stereocenters. The van der Waals surface area contributed by atoms with Crippen LogP contribution in [0.3, 0.4) is 0 Å². The first kappa shape index (κ1) is 14.6. The van der Waals surface area contributed by atoms with Gasteiger partial charge < -0.3 is 9.88 Å². The Kier molecular flexibility index (Phi) is 4.46. The molecule has 1 aromatic carbocycles. The van der Waals surface area contributed by atoms with Crippen molar-refractivity contribution in [3.8, 4) is 6.07 Å². The highest BCUT2D eigenvalue weighted by Gasteiger charge is 2.15. The lowest BCUT2D eigenvalue weighted by Gasteiger charge is -2.15. The van der Waals surface area contributed by atoms with Crippen molar-refractivity contribution in [3.05, 3.63) is 36.0 Å². The van der Waals surface area contributed by atoms with Gasteiger partial charge in [-0.15, -0.1) is 0 Å². The van der Waals surface area contributed by atoms with Crippen LogP contribution >= 0.6 is 0 Å². The van der Waals surface area contributed by atoms with Crippen molar-refractivity contribution in [2.45, 2.75) is 39.8 Å². The van der Waals surface area contributed by atoms with Gasteiger partial charge in [-0.05, 0) is 56.8 Å². The third-order valence-corrected chi connectivity index (χ3v) is 3.72. The summed E-state index contributed by atoms with van der Waals surface area (Å²) in [5.41, 5.74) is 2.37. The zero-order chi connectivity index (χ0) is 14.6. The molecule has 3 nitrogen and oxygen atoms in total. The van der Waals surface area contributed by atoms with Gasteiger partial charge in [-0.3, -0.25) is 0 Å². The fraction of sp³-hybridized carbons (Fsp3) is 0.471. The molecule has 0 bridgehead atoms. The maximum atomic E-state index is 9.05. The van der Waals surface area contributed by atoms with E-state index in [9.17, 15) is 0 Å². The summed E-state index contributed by atoms with van der Waals surface area (Å²) < 4.78 is 2.29. The Hall–Kier alpha value is -1.79. The lowest BCUT2D eigenvalue weighted by atomic mass is 9.90. The van der Waals surface area contributed by atoms with E-state index in [4.69, 9.17) is 5.26 Å². The molecule has 0 amide bonds. The molecule has 0 atom stereocenters. The van der Waals surface area contributed by atoms with Crippen molar-refractivity contribution in [1.29, 1.82) is 5.26 Å². The molecular formula is C17H23N3. The molecule has 106 valence electrons. The van der Waals surface area contributed by atoms with Gasteiger partial charge in [0.15, 0.2) is 0 Å². The van der Waals surface area contributed by atoms with Crippen LogP contribution in [0, 0.1) is 16.7 Å². The summed E-state index contributed by atoms with van der Waals surface area (Å²) in [6.45, 7) is 5.87. The fourth-order valence-corrected chi connectivity index (χ4v) is 2.49. The molecular weight excluding hydrogens is 246 g/mol. The molecule has 0 aliphatic rings. The van der Waals surface area contributed by atoms with Gasteiger partial charge >= 0.3 is 0 Å². The molecule has 1 N–H and O–H groups in total. The van der Waals surface area contributed by atoms with E-state index < -0.39 is 0 Å². The van der Waals surface area contributed by atoms with Crippen molar-refractivity contribution < 1.29 is 0 Å². The van der Waals surface area contributed by atoms with Crippen LogP contribution in [0.5, 0.6) is 0 Å². The normalized spacial score (nSPS) is 11.7. The Morgan fingerprint density at radius 2 is 2.10 bits per heavy atom. The predicted molar refractivity (Wildman–Crippen MR) is 83.3 cm³/mol. The minimum Gasteiger partial charge on any atom is -0.347 e. The average Bonchev–Trinajstić information content (AvgIpc) is 2.82. The topological polar surface area (TPSA) is 40.8 Å². The van der Waals surface area contributed by atoms with Crippen LogP contribution in [-0.4, -0.2) is 11.6 Å². The molecule has 2 aromatic rings. The minimum atomic E-state index is -0.222. The van der Waals surface area contributed by atoms with Gasteiger partial charge in [0.25, 0.3) is 0 Å². The second-order valence-electron chi connectivity index (χ2n) is 6.03. The van der Waals surface area contributed by atoms with E-state index >= 15 is 0 Å². The van der Waals surface area contributed by atoms with E-state index in [1.165, 1.54) is 16.5 Å². The van der Waals surface area contributed by atoms with E-state index in [-0.39, 0.29) is 5.41 Å². The smallest absolute Gasteiger partial charge is 0.0683 e. The van der Waals surface area contributed by atoms with Gasteiger partial charge in [0.05, 0.1) is 11.5 Å². The molecule has 2 rings (SSSR count). The zero-order valence-corrected chi connectivity index (χ0v) is 12.6. The Morgan fingerprint density at radius 3 is 2.80 bits per heavy atom. The Labute approximate surface area is 121 Å². The molecule has 0 fully saturated rings. The zero-order valence-electron chi connectivity index (χ0n) is 12.6. The standard InChI is InChI=1S/C17H23N3/c1-17(2,13-18)8-4-9-20-10-7-15-6-5-14(12-19-3)11-16(15)20/h5-7,10-11,19H,4,8-9,12H2,1-3H3. The summed E-state index contributed by atoms with van der Waals surface area (Å²) in [4.78, 5) is 0. The first-order valence-corrected chi connectivity index (χ1v) is 7.19. The van der Waals surface area contributed by atoms with Gasteiger partial charge in [0, 0.05) is 24.8 Å². The molecule has 3 heteroatoms. The number of nitrogens with one attached hydrogen (secondary N) is 1. The van der Waals surface area contributed by atoms with Crippen LogP contribution in [0.15, 0.2) is 30.5 Å². The third kappa shape index (κ3) is 3.40. The molecule has 0 aliphatic carbocycles. The average molecular weight is 269 g/mol. The Balaban J connectivity index is 2.10. The second-order valence-corrected chi connectivity index (χ2v) is 6.03. The summed E-state index contributed by atoms with van der Waals surface area (Å²) in [6, 6.07) is 11.1. The van der Waals surface area contributed by atoms with Gasteiger partial charge in [-0.2, -0.15) is 5.26 Å². The predicted octanol–water partition coefficient (Wildman–Crippen LogP) is 3.69. The number of benzene rings is 1. The monoisotopic (exact) mass is 269 g/mol. The van der Waals surface area contributed by atoms with Crippen LogP contribution in [-0.2, 0) is 13.1 Å². The van der Waals surface area contributed by atoms with Crippen LogP contribution in [0.25, 0.3) is 10.9 Å². The van der Waals surface area contributed by atoms with Gasteiger partial charge in [-0.25, -0.2) is 0 Å². The molecule has 0 radical (unpaired) electrons. The van der Waals surface area contributed by atoms with Gasteiger partial charge in [0.2, 0.25) is 0 Å². The van der Waals surface area contributed by atoms with Gasteiger partial charge in [-0.1, -0.05) is 12.1 Å². The molecule has 0 spiro atoms. The SMILES string of the molecule is CNCc1ccc2ccn(CCCC(C)(C)C#N)c2c1. The molecule has 1 heterocycles. The van der Waals surface area contributed by atoms with Crippen molar-refractivity contribution in [2.24, 2.45) is 5.41 Å². The lowest BCUT2D eigenvalue weighted by molar-refractivity contribution is 0.418. The van der Waals surface area contributed by atoms with E-state index in [1.54, 1.807) is 0 Å². The summed E-state index contributed by atoms with van der Waals surface area (Å²) >= 11 is 0. The van der Waals surface area contributed by atoms with E-state index in [0.29, 0.717) is 0 Å². The lowest BCUT2D eigenvalue weighted by Crippen LogP contribution is -2.09. The van der Waals surface area contributed by atoms with Crippen LogP contribution in [0.4, 0.5) is 0 Å². The first-order chi connectivity index (χ1) is 9.55. The van der Waals surface area contributed by atoms with Crippen molar-refractivity contribution in [1.82, 2.24) is 9.88 Å². The number of hydrogen-bond donors (Lipinski definition) is 1. The van der Waals surface area contributed by atoms with Crippen LogP contribution in [0.1, 0.15) is 32.3 Å². The summed E-state index contributed by atoms with van der Waals surface area (Å²) in [6.07, 6.45) is 4.10. The summed E-state index contributed by atoms with van der Waals surface area (Å²) in [5, 5.41) is 13.5. The van der Waals surface area contributed by atoms with E-state index in [1.807, 2.05) is 20.9 Å². The molecule has 1 aromatic heterocycles. The highest BCUT2D eigenvalue weighted by Crippen LogP contribution is 2.23. The number of aromatic nitrogens is 1. The van der Waals surface area contributed by atoms with Crippen LogP contribution < -0.4 is 5.32 Å². The summed E-state index contributed by atoms with van der Waals surface area (Å²) in [7, 11) is 1.97. The highest BCUT2D eigenvalue weighted by molar-refractivity contribution is 5.80. The molecule has 0 saturated heterocycles. The fourth-order valence-electron chi connectivity index (χ4n) is 2.49. The quantitative estimate of drug-likeness (QED) is 0.869. The Morgan fingerprint density at radius 1 is 1.30 bits per heavy atom. The number of aryl methyl sites for hydroxylation is 1. The largest absolute Gasteiger partial charge is 0.347 e. The third-order valence-electron chi connectivity index (χ3n) is 3.72. The van der Waals surface area contributed by atoms with Crippen molar-refractivity contribution in [3.63, 3.8) is 0 Å². The number of fused-ring (bicyclic) bond motifs is 1. The first-order valence-electron chi connectivity index (χ1n) is 7.19. The highest BCUT2D eigenvalue weighted by atomic mass is 14.9. The number of hydrogen-bond acceptors (Lipinski definition) is 2. The molecule has 0 saturated carbocycles. The molecule has 20 heavy (non-hydrogen) atoms. The van der Waals surface area contributed by atoms with Crippen LogP contribution in [0.2, 0.25) is 0 Å². The number of nitriles is 1. The molecule has 0 aliphatic heterocycles. The Bertz CT molecular complexity index is 617. The van der Waals surface area contributed by atoms with Gasteiger partial charge in [0.1, 0.15) is 0 Å². The number of nitrogens with zero attached hydrogens (tertiary/aromatic N) is 2. The maximum Gasteiger partial charge on any atom is 0.0683 e. The second kappa shape index (κ2) is 6.11. The number of rotatable bonds is 6. The van der Waals surface area contributed by atoms with Crippen molar-refractivity contribution in [2.75, 3.05) is 7.05 Å². The maximum absolute atomic E-state index is 9.05.